The van der Waals surface area contributed by atoms with Gasteiger partial charge in [-0.25, -0.2) is 18.4 Å². The van der Waals surface area contributed by atoms with E-state index in [4.69, 9.17) is 9.47 Å². The van der Waals surface area contributed by atoms with Crippen LogP contribution in [0.3, 0.4) is 0 Å². The van der Waals surface area contributed by atoms with Gasteiger partial charge in [-0.3, -0.25) is 0 Å². The molecule has 3 aromatic carbocycles. The largest absolute Gasteiger partial charge is 0.382 e. The van der Waals surface area contributed by atoms with E-state index < -0.39 is 28.8 Å². The van der Waals surface area contributed by atoms with Crippen LogP contribution in [0.5, 0.6) is 0 Å². The molecule has 1 aliphatic heterocycles. The number of halogens is 3. The third-order valence-corrected chi connectivity index (χ3v) is 8.45. The summed E-state index contributed by atoms with van der Waals surface area (Å²) in [5.41, 5.74) is -0.647. The number of ether oxygens (including phenoxy) is 2. The first-order valence-corrected chi connectivity index (χ1v) is 13.8. The number of nitrogens with zero attached hydrogens (tertiary/aromatic N) is 3. The van der Waals surface area contributed by atoms with Crippen LogP contribution >= 0.6 is 27.7 Å². The number of hydrogen-bond acceptors (Lipinski definition) is 6. The summed E-state index contributed by atoms with van der Waals surface area (Å²) in [6, 6.07) is 15.6. The van der Waals surface area contributed by atoms with Crippen molar-refractivity contribution >= 4 is 44.5 Å². The van der Waals surface area contributed by atoms with Crippen LogP contribution in [0.4, 0.5) is 8.78 Å². The Morgan fingerprint density at radius 2 is 1.89 bits per heavy atom. The lowest BCUT2D eigenvalue weighted by atomic mass is 9.90. The molecule has 1 aliphatic rings. The topological polar surface area (TPSA) is 69.4 Å². The van der Waals surface area contributed by atoms with Gasteiger partial charge >= 0.3 is 0 Å². The zero-order valence-electron chi connectivity index (χ0n) is 20.5. The van der Waals surface area contributed by atoms with Crippen LogP contribution < -0.4 is 0 Å². The molecule has 0 unspecified atom stereocenters. The van der Waals surface area contributed by atoms with E-state index in [-0.39, 0.29) is 17.4 Å². The normalized spacial score (nSPS) is 20.6. The van der Waals surface area contributed by atoms with E-state index in [0.717, 1.165) is 32.9 Å². The quantitative estimate of drug-likeness (QED) is 0.270. The van der Waals surface area contributed by atoms with Crippen molar-refractivity contribution in [2.75, 3.05) is 13.2 Å². The zero-order chi connectivity index (χ0) is 26.7. The van der Waals surface area contributed by atoms with Gasteiger partial charge in [-0.2, -0.15) is 5.10 Å². The molecule has 5 rings (SSSR count). The Morgan fingerprint density at radius 1 is 1.13 bits per heavy atom. The molecular formula is C28H26BrF2N3O3S. The molecular weight excluding hydrogens is 576 g/mol. The van der Waals surface area contributed by atoms with Gasteiger partial charge in [-0.1, -0.05) is 53.2 Å². The lowest BCUT2D eigenvalue weighted by molar-refractivity contribution is -0.146. The van der Waals surface area contributed by atoms with Crippen molar-refractivity contribution in [3.63, 3.8) is 0 Å². The second-order valence-electron chi connectivity index (χ2n) is 9.19. The van der Waals surface area contributed by atoms with Crippen LogP contribution in [-0.4, -0.2) is 49.9 Å². The second kappa shape index (κ2) is 11.6. The Balaban J connectivity index is 1.23. The molecule has 1 fully saturated rings. The zero-order valence-corrected chi connectivity index (χ0v) is 22.9. The molecule has 1 N–H and O–H groups in total. The number of aliphatic hydroxyl groups is 1. The summed E-state index contributed by atoms with van der Waals surface area (Å²) in [5.74, 6) is -1.53. The van der Waals surface area contributed by atoms with Gasteiger partial charge in [0.2, 0.25) is 0 Å². The van der Waals surface area contributed by atoms with Crippen LogP contribution in [0.1, 0.15) is 18.1 Å². The fourth-order valence-corrected chi connectivity index (χ4v) is 6.15. The van der Waals surface area contributed by atoms with Crippen molar-refractivity contribution in [3.05, 3.63) is 101 Å². The molecule has 198 valence electrons. The first-order valence-electron chi connectivity index (χ1n) is 12.1. The van der Waals surface area contributed by atoms with Crippen molar-refractivity contribution < 1.29 is 23.4 Å². The molecule has 6 nitrogen and oxygen atoms in total. The smallest absolute Gasteiger partial charge is 0.177 e. The summed E-state index contributed by atoms with van der Waals surface area (Å²) in [6.07, 6.45) is 6.14. The van der Waals surface area contributed by atoms with Crippen LogP contribution in [-0.2, 0) is 21.6 Å². The number of aromatic nitrogens is 3. The van der Waals surface area contributed by atoms with Gasteiger partial charge in [0, 0.05) is 21.4 Å². The molecule has 2 heterocycles. The van der Waals surface area contributed by atoms with Crippen molar-refractivity contribution in [1.82, 2.24) is 14.8 Å². The van der Waals surface area contributed by atoms with Crippen molar-refractivity contribution in [2.24, 2.45) is 0 Å². The Kier molecular flexibility index (Phi) is 8.25. The Bertz CT molecular complexity index is 1430. The van der Waals surface area contributed by atoms with E-state index in [9.17, 15) is 13.9 Å². The van der Waals surface area contributed by atoms with Crippen LogP contribution in [0, 0.1) is 11.6 Å². The minimum Gasteiger partial charge on any atom is -0.382 e. The highest BCUT2D eigenvalue weighted by Gasteiger charge is 2.41. The summed E-state index contributed by atoms with van der Waals surface area (Å²) in [6.45, 7) is 2.53. The maximum absolute atomic E-state index is 14.8. The minimum absolute atomic E-state index is 0.00408. The third-order valence-electron chi connectivity index (χ3n) is 6.50. The van der Waals surface area contributed by atoms with E-state index in [2.05, 4.69) is 50.3 Å². The van der Waals surface area contributed by atoms with Crippen LogP contribution in [0.15, 0.2) is 77.8 Å². The van der Waals surface area contributed by atoms with Crippen molar-refractivity contribution in [1.29, 1.82) is 0 Å². The highest BCUT2D eigenvalue weighted by atomic mass is 79.9. The summed E-state index contributed by atoms with van der Waals surface area (Å²) in [4.78, 5) is 3.91. The molecule has 0 spiro atoms. The fraction of sp³-hybridized carbons (Fsp3) is 0.286. The molecule has 1 saturated heterocycles. The fourth-order valence-electron chi connectivity index (χ4n) is 4.45. The predicted molar refractivity (Wildman–Crippen MR) is 147 cm³/mol. The Labute approximate surface area is 231 Å². The van der Waals surface area contributed by atoms with E-state index in [1.165, 1.54) is 35.2 Å². The maximum Gasteiger partial charge on any atom is 0.177 e. The first kappa shape index (κ1) is 27.0. The van der Waals surface area contributed by atoms with Gasteiger partial charge < -0.3 is 14.6 Å². The molecule has 10 heteroatoms. The van der Waals surface area contributed by atoms with Gasteiger partial charge in [0.15, 0.2) is 6.29 Å². The maximum atomic E-state index is 14.8. The number of fused-ring (bicyclic) bond motifs is 1. The molecule has 4 aromatic rings. The highest BCUT2D eigenvalue weighted by Crippen LogP contribution is 2.38. The molecule has 0 aliphatic carbocycles. The third kappa shape index (κ3) is 6.16. The summed E-state index contributed by atoms with van der Waals surface area (Å²) < 4.78 is 42.7. The van der Waals surface area contributed by atoms with Gasteiger partial charge in [0.1, 0.15) is 29.9 Å². The molecule has 38 heavy (non-hydrogen) atoms. The van der Waals surface area contributed by atoms with Crippen molar-refractivity contribution in [2.45, 2.75) is 35.9 Å². The van der Waals surface area contributed by atoms with E-state index in [1.807, 2.05) is 24.3 Å². The number of benzene rings is 3. The van der Waals surface area contributed by atoms with Crippen LogP contribution in [0.2, 0.25) is 0 Å². The first-order chi connectivity index (χ1) is 18.3. The summed E-state index contributed by atoms with van der Waals surface area (Å²) >= 11 is 4.92. The lowest BCUT2D eigenvalue weighted by Crippen LogP contribution is -2.43. The highest BCUT2D eigenvalue weighted by molar-refractivity contribution is 9.10. The average Bonchev–Trinajstić information content (AvgIpc) is 3.41. The number of rotatable bonds is 8. The number of thioether (sulfide) groups is 1. The molecule has 1 aromatic heterocycles. The minimum atomic E-state index is -1.68. The van der Waals surface area contributed by atoms with Gasteiger partial charge in [-0.05, 0) is 46.7 Å². The lowest BCUT2D eigenvalue weighted by Gasteiger charge is -2.37. The summed E-state index contributed by atoms with van der Waals surface area (Å²) in [7, 11) is 0. The average molecular weight is 603 g/mol. The van der Waals surface area contributed by atoms with Crippen molar-refractivity contribution in [3.8, 4) is 0 Å². The Hall–Kier alpha value is -2.63. The van der Waals surface area contributed by atoms with Crippen LogP contribution in [0.25, 0.3) is 16.8 Å². The molecule has 2 atom stereocenters. The molecule has 0 bridgehead atoms. The molecule has 0 radical (unpaired) electrons. The van der Waals surface area contributed by atoms with Gasteiger partial charge in [0.25, 0.3) is 0 Å². The number of hydrogen-bond donors (Lipinski definition) is 1. The van der Waals surface area contributed by atoms with Gasteiger partial charge in [0.05, 0.1) is 25.0 Å². The molecule has 0 saturated carbocycles. The summed E-state index contributed by atoms with van der Waals surface area (Å²) in [5, 5.41) is 17.5. The van der Waals surface area contributed by atoms with Gasteiger partial charge in [-0.15, -0.1) is 11.8 Å². The SMILES string of the molecule is C[C@@H](SC1COC(/C=C/c2ccc3cc(Br)ccc3c2)OC1)[C@](O)(Cn1cncn1)c1ccc(F)cc1F. The standard InChI is InChI=1S/C28H26BrF2N3O3S/c1-18(28(35,15-34-17-32-16-33-34)25-8-7-23(30)12-26(25)31)38-24-13-36-27(37-14-24)9-3-19-2-4-21-11-22(29)6-5-20(21)10-19/h2-12,16-18,24,27,35H,13-15H2,1H3/b9-3+/t18-,24?,27?,28-/m1/s1. The predicted octanol–water partition coefficient (Wildman–Crippen LogP) is 5.94. The molecule has 0 amide bonds. The van der Waals surface area contributed by atoms with E-state index >= 15 is 0 Å². The second-order valence-corrected chi connectivity index (χ2v) is 11.7. The Morgan fingerprint density at radius 3 is 2.63 bits per heavy atom. The monoisotopic (exact) mass is 601 g/mol. The van der Waals surface area contributed by atoms with E-state index in [1.54, 1.807) is 6.92 Å². The van der Waals surface area contributed by atoms with E-state index in [0.29, 0.717) is 13.2 Å².